The van der Waals surface area contributed by atoms with Crippen LogP contribution in [0.3, 0.4) is 0 Å². The number of rotatable bonds is 5. The summed E-state index contributed by atoms with van der Waals surface area (Å²) in [6, 6.07) is 23.5. The number of aromatic nitrogens is 3. The van der Waals surface area contributed by atoms with E-state index in [-0.39, 0.29) is 29.8 Å². The molecule has 3 aromatic carbocycles. The minimum atomic E-state index is -0.388. The Hall–Kier alpha value is -3.97. The summed E-state index contributed by atoms with van der Waals surface area (Å²) in [5.74, 6) is 0.00908. The van der Waals surface area contributed by atoms with Gasteiger partial charge >= 0.3 is 0 Å². The second-order valence-electron chi connectivity index (χ2n) is 7.96. The highest BCUT2D eigenvalue weighted by Gasteiger charge is 2.32. The van der Waals surface area contributed by atoms with Crippen LogP contribution >= 0.6 is 11.6 Å². The zero-order valence-electron chi connectivity index (χ0n) is 18.0. The smallest absolute Gasteiger partial charge is 0.250 e. The average Bonchev–Trinajstić information content (AvgIpc) is 3.26. The van der Waals surface area contributed by atoms with Crippen molar-refractivity contribution in [3.05, 3.63) is 112 Å². The van der Waals surface area contributed by atoms with E-state index in [2.05, 4.69) is 32.8 Å². The molecular weight excluding hydrogens is 453 g/mol. The molecule has 1 aromatic heterocycles. The number of halogens is 2. The number of hydrogen-bond donors (Lipinski definition) is 2. The Kier molecular flexibility index (Phi) is 6.10. The monoisotopic (exact) mass is 473 g/mol. The van der Waals surface area contributed by atoms with Crippen LogP contribution in [0.1, 0.15) is 35.2 Å². The number of hydrogen-bond acceptors (Lipinski definition) is 4. The number of benzene rings is 3. The van der Waals surface area contributed by atoms with Crippen molar-refractivity contribution >= 4 is 35.5 Å². The molecule has 0 saturated carbocycles. The summed E-state index contributed by atoms with van der Waals surface area (Å²) in [5, 5.41) is 11.3. The lowest BCUT2D eigenvalue weighted by atomic mass is 9.93. The maximum atomic E-state index is 13.1. The molecule has 170 valence electrons. The molecule has 8 heteroatoms. The summed E-state index contributed by atoms with van der Waals surface area (Å²) in [7, 11) is 0. The molecule has 0 aliphatic carbocycles. The van der Waals surface area contributed by atoms with Gasteiger partial charge in [-0.1, -0.05) is 72.3 Å². The fourth-order valence-electron chi connectivity index (χ4n) is 4.04. The normalized spacial score (nSPS) is 17.2. The van der Waals surface area contributed by atoms with E-state index in [0.29, 0.717) is 23.0 Å². The van der Waals surface area contributed by atoms with Gasteiger partial charge in [0, 0.05) is 11.1 Å². The van der Waals surface area contributed by atoms with Crippen molar-refractivity contribution in [1.82, 2.24) is 14.8 Å². The molecule has 4 aromatic rings. The van der Waals surface area contributed by atoms with Crippen LogP contribution in [-0.2, 0) is 4.79 Å². The standard InChI is InChI=1S/C26H21ClFN5O/c27-21-9-5-4-8-20(21)23-16-22(18-6-2-1-3-7-18)29-26-31-25(32-33(23)26)30-24(34)15-12-17-10-13-19(28)14-11-17/h1-15,22-23H,16H2,(H2,29,30,31,32,34). The van der Waals surface area contributed by atoms with Gasteiger partial charge < -0.3 is 5.32 Å². The second kappa shape index (κ2) is 9.49. The van der Waals surface area contributed by atoms with Crippen LogP contribution in [0.15, 0.2) is 84.9 Å². The summed E-state index contributed by atoms with van der Waals surface area (Å²) >= 11 is 6.53. The third-order valence-electron chi connectivity index (χ3n) is 5.69. The van der Waals surface area contributed by atoms with Crippen molar-refractivity contribution in [3.8, 4) is 0 Å². The largest absolute Gasteiger partial charge is 0.347 e. The van der Waals surface area contributed by atoms with Crippen molar-refractivity contribution in [1.29, 1.82) is 0 Å². The fraction of sp³-hybridized carbons (Fsp3) is 0.115. The summed E-state index contributed by atoms with van der Waals surface area (Å²) in [4.78, 5) is 17.0. The predicted molar refractivity (Wildman–Crippen MR) is 131 cm³/mol. The van der Waals surface area contributed by atoms with Gasteiger partial charge in [0.05, 0.1) is 12.1 Å². The third kappa shape index (κ3) is 4.70. The maximum absolute atomic E-state index is 13.1. The molecule has 2 atom stereocenters. The number of carbonyl (C=O) groups is 1. The van der Waals surface area contributed by atoms with E-state index in [9.17, 15) is 9.18 Å². The number of amides is 1. The van der Waals surface area contributed by atoms with E-state index >= 15 is 0 Å². The van der Waals surface area contributed by atoms with Gasteiger partial charge in [0.15, 0.2) is 0 Å². The van der Waals surface area contributed by atoms with Gasteiger partial charge in [-0.05, 0) is 47.4 Å². The highest BCUT2D eigenvalue weighted by atomic mass is 35.5. The number of nitrogens with one attached hydrogen (secondary N) is 2. The van der Waals surface area contributed by atoms with E-state index in [1.165, 1.54) is 18.2 Å². The maximum Gasteiger partial charge on any atom is 0.250 e. The Morgan fingerprint density at radius 2 is 1.79 bits per heavy atom. The number of fused-ring (bicyclic) bond motifs is 1. The molecule has 0 radical (unpaired) electrons. The quantitative estimate of drug-likeness (QED) is 0.356. The first-order valence-electron chi connectivity index (χ1n) is 10.8. The first kappa shape index (κ1) is 21.9. The first-order chi connectivity index (χ1) is 16.6. The zero-order valence-corrected chi connectivity index (χ0v) is 18.8. The van der Waals surface area contributed by atoms with Gasteiger partial charge in [-0.2, -0.15) is 4.98 Å². The molecule has 0 fully saturated rings. The lowest BCUT2D eigenvalue weighted by molar-refractivity contribution is -0.111. The molecule has 0 bridgehead atoms. The Bertz CT molecular complexity index is 1340. The number of nitrogens with zero attached hydrogens (tertiary/aromatic N) is 3. The van der Waals surface area contributed by atoms with E-state index in [0.717, 1.165) is 11.1 Å². The molecule has 6 nitrogen and oxygen atoms in total. The number of carbonyl (C=O) groups excluding carboxylic acids is 1. The van der Waals surface area contributed by atoms with Crippen molar-refractivity contribution in [2.24, 2.45) is 0 Å². The lowest BCUT2D eigenvalue weighted by Crippen LogP contribution is -2.28. The molecule has 1 aliphatic rings. The van der Waals surface area contributed by atoms with E-state index in [4.69, 9.17) is 11.6 Å². The van der Waals surface area contributed by atoms with E-state index in [1.807, 2.05) is 42.5 Å². The summed E-state index contributed by atoms with van der Waals surface area (Å²) in [6.07, 6.45) is 3.67. The second-order valence-corrected chi connectivity index (χ2v) is 8.37. The Labute approximate surface area is 201 Å². The molecule has 2 unspecified atom stereocenters. The number of anilines is 2. The molecule has 0 saturated heterocycles. The molecule has 34 heavy (non-hydrogen) atoms. The fourth-order valence-corrected chi connectivity index (χ4v) is 4.30. The van der Waals surface area contributed by atoms with Gasteiger partial charge in [-0.15, -0.1) is 5.10 Å². The average molecular weight is 474 g/mol. The van der Waals surface area contributed by atoms with Gasteiger partial charge in [0.2, 0.25) is 5.95 Å². The molecule has 2 heterocycles. The Balaban J connectivity index is 1.42. The Morgan fingerprint density at radius 3 is 2.56 bits per heavy atom. The zero-order chi connectivity index (χ0) is 23.5. The molecule has 1 aliphatic heterocycles. The van der Waals surface area contributed by atoms with Gasteiger partial charge in [0.25, 0.3) is 11.9 Å². The van der Waals surface area contributed by atoms with Crippen LogP contribution in [0.5, 0.6) is 0 Å². The SMILES string of the molecule is O=C(C=Cc1ccc(F)cc1)Nc1nc2n(n1)C(c1ccccc1Cl)CC(c1ccccc1)N2. The minimum absolute atomic E-state index is 0.00102. The highest BCUT2D eigenvalue weighted by molar-refractivity contribution is 6.31. The van der Waals surface area contributed by atoms with Crippen molar-refractivity contribution < 1.29 is 9.18 Å². The van der Waals surface area contributed by atoms with Crippen molar-refractivity contribution in [3.63, 3.8) is 0 Å². The summed E-state index contributed by atoms with van der Waals surface area (Å²) < 4.78 is 14.8. The first-order valence-corrected chi connectivity index (χ1v) is 11.2. The molecule has 1 amide bonds. The van der Waals surface area contributed by atoms with Crippen LogP contribution < -0.4 is 10.6 Å². The van der Waals surface area contributed by atoms with Crippen LogP contribution in [0.2, 0.25) is 5.02 Å². The van der Waals surface area contributed by atoms with Crippen LogP contribution in [0.4, 0.5) is 16.3 Å². The van der Waals surface area contributed by atoms with Gasteiger partial charge in [0.1, 0.15) is 5.82 Å². The van der Waals surface area contributed by atoms with Crippen LogP contribution in [-0.4, -0.2) is 20.7 Å². The summed E-state index contributed by atoms with van der Waals surface area (Å²) in [5.41, 5.74) is 2.77. The minimum Gasteiger partial charge on any atom is -0.347 e. The van der Waals surface area contributed by atoms with Crippen molar-refractivity contribution in [2.45, 2.75) is 18.5 Å². The Morgan fingerprint density at radius 1 is 1.06 bits per heavy atom. The highest BCUT2D eigenvalue weighted by Crippen LogP contribution is 2.40. The van der Waals surface area contributed by atoms with Crippen molar-refractivity contribution in [2.75, 3.05) is 10.6 Å². The van der Waals surface area contributed by atoms with Crippen LogP contribution in [0.25, 0.3) is 6.08 Å². The molecular formula is C26H21ClFN5O. The predicted octanol–water partition coefficient (Wildman–Crippen LogP) is 5.87. The van der Waals surface area contributed by atoms with E-state index in [1.54, 1.807) is 22.9 Å². The molecule has 0 spiro atoms. The molecule has 2 N–H and O–H groups in total. The third-order valence-corrected chi connectivity index (χ3v) is 6.03. The van der Waals surface area contributed by atoms with Gasteiger partial charge in [-0.3, -0.25) is 10.1 Å². The van der Waals surface area contributed by atoms with Gasteiger partial charge in [-0.25, -0.2) is 9.07 Å². The topological polar surface area (TPSA) is 71.8 Å². The molecule has 5 rings (SSSR count). The van der Waals surface area contributed by atoms with E-state index < -0.39 is 0 Å². The van der Waals surface area contributed by atoms with Crippen LogP contribution in [0, 0.1) is 5.82 Å². The summed E-state index contributed by atoms with van der Waals surface area (Å²) in [6.45, 7) is 0. The lowest BCUT2D eigenvalue weighted by Gasteiger charge is -2.32.